The molecule has 0 fully saturated rings. The fraction of sp³-hybridized carbons (Fsp3) is 0.286. The number of nitrogens with zero attached hydrogens (tertiary/aromatic N) is 3. The van der Waals surface area contributed by atoms with E-state index in [0.29, 0.717) is 22.3 Å². The molecule has 6 nitrogen and oxygen atoms in total. The Morgan fingerprint density at radius 2 is 1.93 bits per heavy atom. The van der Waals surface area contributed by atoms with Crippen molar-refractivity contribution in [1.29, 1.82) is 0 Å². The first-order chi connectivity index (χ1) is 13.4. The third-order valence-electron chi connectivity index (χ3n) is 4.42. The molecule has 1 amide bonds. The van der Waals surface area contributed by atoms with E-state index in [1.54, 1.807) is 24.1 Å². The standard InChI is InChI=1S/C21H22ClN3O3/c1-13(2)25(21(26)16-6-5-14(3)18(22)11-16)12-19-23-20(24-28-19)15-7-9-17(27-4)10-8-15/h5-11,13H,12H2,1-4H3. The number of halogens is 1. The molecular formula is C21H22ClN3O3. The summed E-state index contributed by atoms with van der Waals surface area (Å²) in [4.78, 5) is 19.1. The van der Waals surface area contributed by atoms with Crippen LogP contribution in [0.5, 0.6) is 5.75 Å². The number of hydrogen-bond donors (Lipinski definition) is 0. The van der Waals surface area contributed by atoms with E-state index in [0.717, 1.165) is 16.9 Å². The van der Waals surface area contributed by atoms with Crippen LogP contribution in [0.2, 0.25) is 5.02 Å². The van der Waals surface area contributed by atoms with Crippen molar-refractivity contribution in [2.75, 3.05) is 7.11 Å². The molecule has 146 valence electrons. The molecule has 1 aromatic heterocycles. The normalized spacial score (nSPS) is 10.9. The van der Waals surface area contributed by atoms with Crippen molar-refractivity contribution in [1.82, 2.24) is 15.0 Å². The molecule has 0 aliphatic heterocycles. The van der Waals surface area contributed by atoms with Gasteiger partial charge in [0.25, 0.3) is 5.91 Å². The first-order valence-corrected chi connectivity index (χ1v) is 9.31. The van der Waals surface area contributed by atoms with E-state index in [-0.39, 0.29) is 18.5 Å². The Kier molecular flexibility index (Phi) is 5.99. The second-order valence-electron chi connectivity index (χ2n) is 6.73. The lowest BCUT2D eigenvalue weighted by molar-refractivity contribution is 0.0667. The molecule has 2 aromatic carbocycles. The summed E-state index contributed by atoms with van der Waals surface area (Å²) in [5.74, 6) is 1.44. The highest BCUT2D eigenvalue weighted by Crippen LogP contribution is 2.22. The Bertz CT molecular complexity index is 967. The number of ether oxygens (including phenoxy) is 1. The van der Waals surface area contributed by atoms with Crippen molar-refractivity contribution >= 4 is 17.5 Å². The second kappa shape index (κ2) is 8.44. The van der Waals surface area contributed by atoms with Crippen LogP contribution >= 0.6 is 11.6 Å². The largest absolute Gasteiger partial charge is 0.497 e. The molecule has 0 unspecified atom stereocenters. The molecule has 3 rings (SSSR count). The molecule has 1 heterocycles. The molecule has 0 N–H and O–H groups in total. The summed E-state index contributed by atoms with van der Waals surface area (Å²) >= 11 is 6.17. The van der Waals surface area contributed by atoms with Gasteiger partial charge in [0.1, 0.15) is 12.3 Å². The van der Waals surface area contributed by atoms with Gasteiger partial charge >= 0.3 is 0 Å². The number of aromatic nitrogens is 2. The summed E-state index contributed by atoms with van der Waals surface area (Å²) in [7, 11) is 1.61. The maximum atomic E-state index is 13.0. The van der Waals surface area contributed by atoms with Crippen LogP contribution in [-0.2, 0) is 6.54 Å². The second-order valence-corrected chi connectivity index (χ2v) is 7.14. The van der Waals surface area contributed by atoms with Crippen LogP contribution in [0.1, 0.15) is 35.7 Å². The number of aryl methyl sites for hydroxylation is 1. The van der Waals surface area contributed by atoms with E-state index in [1.807, 2.05) is 51.1 Å². The number of rotatable bonds is 6. The minimum atomic E-state index is -0.138. The van der Waals surface area contributed by atoms with Gasteiger partial charge in [-0.25, -0.2) is 0 Å². The van der Waals surface area contributed by atoms with Crippen LogP contribution in [0.25, 0.3) is 11.4 Å². The fourth-order valence-corrected chi connectivity index (χ4v) is 2.88. The summed E-state index contributed by atoms with van der Waals surface area (Å²) in [5.41, 5.74) is 2.26. The summed E-state index contributed by atoms with van der Waals surface area (Å²) in [6, 6.07) is 12.6. The van der Waals surface area contributed by atoms with Gasteiger partial charge in [0.05, 0.1) is 7.11 Å². The number of carbonyl (C=O) groups is 1. The molecule has 0 bridgehead atoms. The minimum Gasteiger partial charge on any atom is -0.497 e. The minimum absolute atomic E-state index is 0.0519. The molecule has 0 saturated heterocycles. The average molecular weight is 400 g/mol. The number of hydrogen-bond acceptors (Lipinski definition) is 5. The van der Waals surface area contributed by atoms with E-state index in [1.165, 1.54) is 0 Å². The quantitative estimate of drug-likeness (QED) is 0.597. The van der Waals surface area contributed by atoms with Crippen molar-refractivity contribution in [2.45, 2.75) is 33.4 Å². The summed E-state index contributed by atoms with van der Waals surface area (Å²) < 4.78 is 10.5. The van der Waals surface area contributed by atoms with E-state index >= 15 is 0 Å². The van der Waals surface area contributed by atoms with Crippen LogP contribution in [0.15, 0.2) is 47.0 Å². The molecule has 3 aromatic rings. The molecule has 7 heteroatoms. The third kappa shape index (κ3) is 4.34. The van der Waals surface area contributed by atoms with Crippen LogP contribution < -0.4 is 4.74 Å². The number of carbonyl (C=O) groups excluding carboxylic acids is 1. The predicted octanol–water partition coefficient (Wildman–Crippen LogP) is 4.76. The average Bonchev–Trinajstić information content (AvgIpc) is 3.16. The maximum Gasteiger partial charge on any atom is 0.254 e. The number of amides is 1. The van der Waals surface area contributed by atoms with Gasteiger partial charge < -0.3 is 14.2 Å². The molecule has 0 radical (unpaired) electrons. The Hall–Kier alpha value is -2.86. The van der Waals surface area contributed by atoms with Crippen molar-refractivity contribution in [2.24, 2.45) is 0 Å². The molecule has 0 aliphatic carbocycles. The van der Waals surface area contributed by atoms with Crippen LogP contribution in [-0.4, -0.2) is 34.1 Å². The summed E-state index contributed by atoms with van der Waals surface area (Å²) in [5, 5.41) is 4.59. The highest BCUT2D eigenvalue weighted by Gasteiger charge is 2.22. The van der Waals surface area contributed by atoms with Gasteiger partial charge in [0, 0.05) is 22.2 Å². The van der Waals surface area contributed by atoms with E-state index in [2.05, 4.69) is 10.1 Å². The summed E-state index contributed by atoms with van der Waals surface area (Å²) in [6.45, 7) is 5.99. The number of benzene rings is 2. The number of methoxy groups -OCH3 is 1. The molecule has 0 spiro atoms. The zero-order valence-corrected chi connectivity index (χ0v) is 17.0. The van der Waals surface area contributed by atoms with Gasteiger partial charge in [-0.15, -0.1) is 0 Å². The highest BCUT2D eigenvalue weighted by molar-refractivity contribution is 6.31. The van der Waals surface area contributed by atoms with Gasteiger partial charge in [-0.3, -0.25) is 4.79 Å². The lowest BCUT2D eigenvalue weighted by Gasteiger charge is -2.25. The Morgan fingerprint density at radius 3 is 2.54 bits per heavy atom. The van der Waals surface area contributed by atoms with Crippen molar-refractivity contribution < 1.29 is 14.1 Å². The smallest absolute Gasteiger partial charge is 0.254 e. The van der Waals surface area contributed by atoms with E-state index in [4.69, 9.17) is 20.9 Å². The fourth-order valence-electron chi connectivity index (χ4n) is 2.70. The lowest BCUT2D eigenvalue weighted by atomic mass is 10.1. The summed E-state index contributed by atoms with van der Waals surface area (Å²) in [6.07, 6.45) is 0. The van der Waals surface area contributed by atoms with Gasteiger partial charge in [-0.05, 0) is 62.7 Å². The van der Waals surface area contributed by atoms with Gasteiger partial charge in [0.15, 0.2) is 0 Å². The van der Waals surface area contributed by atoms with Crippen LogP contribution in [0, 0.1) is 6.92 Å². The lowest BCUT2D eigenvalue weighted by Crippen LogP contribution is -2.36. The van der Waals surface area contributed by atoms with Crippen LogP contribution in [0.3, 0.4) is 0 Å². The SMILES string of the molecule is COc1ccc(-c2noc(CN(C(=O)c3ccc(C)c(Cl)c3)C(C)C)n2)cc1. The monoisotopic (exact) mass is 399 g/mol. The zero-order chi connectivity index (χ0) is 20.3. The van der Waals surface area contributed by atoms with Crippen molar-refractivity contribution in [3.63, 3.8) is 0 Å². The van der Waals surface area contributed by atoms with Gasteiger partial charge in [-0.2, -0.15) is 4.98 Å². The molecule has 28 heavy (non-hydrogen) atoms. The van der Waals surface area contributed by atoms with Gasteiger partial charge in [0.2, 0.25) is 11.7 Å². The van der Waals surface area contributed by atoms with Gasteiger partial charge in [-0.1, -0.05) is 22.8 Å². The molecule has 0 saturated carbocycles. The van der Waals surface area contributed by atoms with E-state index in [9.17, 15) is 4.79 Å². The Morgan fingerprint density at radius 1 is 1.21 bits per heavy atom. The highest BCUT2D eigenvalue weighted by atomic mass is 35.5. The predicted molar refractivity (Wildman–Crippen MR) is 107 cm³/mol. The molecule has 0 atom stereocenters. The molecular weight excluding hydrogens is 378 g/mol. The Balaban J connectivity index is 1.80. The van der Waals surface area contributed by atoms with Crippen molar-refractivity contribution in [3.8, 4) is 17.1 Å². The molecule has 0 aliphatic rings. The topological polar surface area (TPSA) is 68.5 Å². The zero-order valence-electron chi connectivity index (χ0n) is 16.3. The first kappa shape index (κ1) is 19.9. The van der Waals surface area contributed by atoms with Crippen LogP contribution in [0.4, 0.5) is 0 Å². The first-order valence-electron chi connectivity index (χ1n) is 8.93. The van der Waals surface area contributed by atoms with E-state index < -0.39 is 0 Å². The maximum absolute atomic E-state index is 13.0. The van der Waals surface area contributed by atoms with Crippen molar-refractivity contribution in [3.05, 3.63) is 64.5 Å². The third-order valence-corrected chi connectivity index (χ3v) is 4.83. The Labute approximate surface area is 169 Å².